The fraction of sp³-hybridized carbons (Fsp3) is 0.0909. The Morgan fingerprint density at radius 2 is 2.00 bits per heavy atom. The van der Waals surface area contributed by atoms with Crippen molar-refractivity contribution in [1.29, 1.82) is 10.5 Å². The minimum Gasteiger partial charge on any atom is -0.285 e. The summed E-state index contributed by atoms with van der Waals surface area (Å²) in [6.07, 6.45) is 1.51. The van der Waals surface area contributed by atoms with Crippen LogP contribution < -0.4 is 0 Å². The third-order valence-corrected chi connectivity index (χ3v) is 2.50. The Balaban J connectivity index is 2.56. The molecule has 0 N–H and O–H groups in total. The zero-order valence-corrected chi connectivity index (χ0v) is 9.39. The topological polar surface area (TPSA) is 78.3 Å². The standard InChI is InChI=1S/C11H6ClN5/c12-4-11-16-15-7-17(11)10-2-1-8(5-13)9(3-10)6-14/h1-3,7H,4H2. The number of alkyl halides is 1. The molecule has 1 aromatic carbocycles. The first-order valence-electron chi connectivity index (χ1n) is 4.69. The number of nitrogens with zero attached hydrogens (tertiary/aromatic N) is 5. The molecule has 2 aromatic rings. The second-order valence-corrected chi connectivity index (χ2v) is 3.47. The summed E-state index contributed by atoms with van der Waals surface area (Å²) in [6, 6.07) is 8.85. The number of rotatable bonds is 2. The summed E-state index contributed by atoms with van der Waals surface area (Å²) >= 11 is 5.71. The zero-order chi connectivity index (χ0) is 12.3. The van der Waals surface area contributed by atoms with Crippen molar-refractivity contribution in [3.63, 3.8) is 0 Å². The summed E-state index contributed by atoms with van der Waals surface area (Å²) in [5.41, 5.74) is 1.37. The molecule has 0 saturated carbocycles. The van der Waals surface area contributed by atoms with Gasteiger partial charge < -0.3 is 0 Å². The average Bonchev–Trinajstić information content (AvgIpc) is 2.86. The molecule has 0 atom stereocenters. The summed E-state index contributed by atoms with van der Waals surface area (Å²) in [5, 5.41) is 25.3. The van der Waals surface area contributed by atoms with Crippen molar-refractivity contribution in [2.24, 2.45) is 0 Å². The lowest BCUT2D eigenvalue weighted by Gasteiger charge is -2.05. The maximum Gasteiger partial charge on any atom is 0.152 e. The van der Waals surface area contributed by atoms with Crippen molar-refractivity contribution in [3.8, 4) is 17.8 Å². The van der Waals surface area contributed by atoms with Crippen LogP contribution in [0, 0.1) is 22.7 Å². The molecule has 1 aromatic heterocycles. The Hall–Kier alpha value is -2.37. The first kappa shape index (κ1) is 11.1. The molecule has 0 amide bonds. The third kappa shape index (κ3) is 1.96. The van der Waals surface area contributed by atoms with E-state index in [1.807, 2.05) is 12.1 Å². The fourth-order valence-corrected chi connectivity index (χ4v) is 1.62. The van der Waals surface area contributed by atoms with E-state index in [-0.39, 0.29) is 5.88 Å². The van der Waals surface area contributed by atoms with Crippen LogP contribution in [-0.2, 0) is 5.88 Å². The molecule has 0 aliphatic rings. The van der Waals surface area contributed by atoms with Crippen molar-refractivity contribution in [1.82, 2.24) is 14.8 Å². The van der Waals surface area contributed by atoms with Crippen molar-refractivity contribution < 1.29 is 0 Å². The van der Waals surface area contributed by atoms with Crippen LogP contribution in [0.1, 0.15) is 17.0 Å². The first-order valence-corrected chi connectivity index (χ1v) is 5.23. The van der Waals surface area contributed by atoms with Crippen LogP contribution in [0.5, 0.6) is 0 Å². The van der Waals surface area contributed by atoms with E-state index < -0.39 is 0 Å². The summed E-state index contributed by atoms with van der Waals surface area (Å²) in [4.78, 5) is 0. The fourth-order valence-electron chi connectivity index (χ4n) is 1.44. The Morgan fingerprint density at radius 3 is 2.65 bits per heavy atom. The first-order chi connectivity index (χ1) is 8.30. The number of aromatic nitrogens is 3. The van der Waals surface area contributed by atoms with Gasteiger partial charge in [-0.3, -0.25) is 4.57 Å². The number of hydrogen-bond acceptors (Lipinski definition) is 4. The SMILES string of the molecule is N#Cc1ccc(-n2cnnc2CCl)cc1C#N. The van der Waals surface area contributed by atoms with Crippen molar-refractivity contribution >= 4 is 11.6 Å². The molecule has 6 heteroatoms. The molecule has 5 nitrogen and oxygen atoms in total. The summed E-state index contributed by atoms with van der Waals surface area (Å²) in [6.45, 7) is 0. The van der Waals surface area contributed by atoms with E-state index in [0.717, 1.165) is 0 Å². The Bertz CT molecular complexity index is 632. The molecule has 0 radical (unpaired) electrons. The van der Waals surface area contributed by atoms with Gasteiger partial charge in [-0.2, -0.15) is 10.5 Å². The van der Waals surface area contributed by atoms with E-state index in [2.05, 4.69) is 10.2 Å². The largest absolute Gasteiger partial charge is 0.285 e. The van der Waals surface area contributed by atoms with E-state index in [4.69, 9.17) is 22.1 Å². The Morgan fingerprint density at radius 1 is 1.24 bits per heavy atom. The highest BCUT2D eigenvalue weighted by Gasteiger charge is 2.08. The van der Waals surface area contributed by atoms with Gasteiger partial charge in [-0.15, -0.1) is 21.8 Å². The molecule has 17 heavy (non-hydrogen) atoms. The molecule has 82 valence electrons. The highest BCUT2D eigenvalue weighted by molar-refractivity contribution is 6.16. The molecule has 0 fully saturated rings. The van der Waals surface area contributed by atoms with Crippen molar-refractivity contribution in [2.45, 2.75) is 5.88 Å². The van der Waals surface area contributed by atoms with Gasteiger partial charge in [0.1, 0.15) is 18.5 Å². The van der Waals surface area contributed by atoms with E-state index in [1.54, 1.807) is 22.8 Å². The van der Waals surface area contributed by atoms with Crippen molar-refractivity contribution in [3.05, 3.63) is 41.5 Å². The molecular formula is C11H6ClN5. The molecule has 0 aliphatic carbocycles. The van der Waals surface area contributed by atoms with Gasteiger partial charge in [-0.05, 0) is 18.2 Å². The number of benzene rings is 1. The van der Waals surface area contributed by atoms with Gasteiger partial charge in [0, 0.05) is 5.69 Å². The lowest BCUT2D eigenvalue weighted by atomic mass is 10.1. The van der Waals surface area contributed by atoms with Crippen LogP contribution in [0.3, 0.4) is 0 Å². The highest BCUT2D eigenvalue weighted by Crippen LogP contribution is 2.16. The molecule has 0 saturated heterocycles. The monoisotopic (exact) mass is 243 g/mol. The predicted molar refractivity (Wildman–Crippen MR) is 60.3 cm³/mol. The third-order valence-electron chi connectivity index (χ3n) is 2.26. The van der Waals surface area contributed by atoms with E-state index in [9.17, 15) is 0 Å². The normalized spacial score (nSPS) is 9.59. The lowest BCUT2D eigenvalue weighted by molar-refractivity contribution is 0.950. The molecular weight excluding hydrogens is 238 g/mol. The molecule has 2 rings (SSSR count). The highest BCUT2D eigenvalue weighted by atomic mass is 35.5. The Kier molecular flexibility index (Phi) is 3.04. The van der Waals surface area contributed by atoms with Crippen LogP contribution in [0.4, 0.5) is 0 Å². The van der Waals surface area contributed by atoms with Crippen LogP contribution >= 0.6 is 11.6 Å². The van der Waals surface area contributed by atoms with Gasteiger partial charge in [-0.25, -0.2) is 0 Å². The summed E-state index contributed by atoms with van der Waals surface area (Å²) < 4.78 is 1.68. The average molecular weight is 244 g/mol. The van der Waals surface area contributed by atoms with Gasteiger partial charge >= 0.3 is 0 Å². The van der Waals surface area contributed by atoms with E-state index in [1.165, 1.54) is 6.33 Å². The minimum atomic E-state index is 0.224. The smallest absolute Gasteiger partial charge is 0.152 e. The van der Waals surface area contributed by atoms with Gasteiger partial charge in [0.05, 0.1) is 17.0 Å². The van der Waals surface area contributed by atoms with E-state index in [0.29, 0.717) is 22.6 Å². The molecule has 1 heterocycles. The number of nitriles is 2. The molecule has 0 unspecified atom stereocenters. The van der Waals surface area contributed by atoms with Gasteiger partial charge in [0.15, 0.2) is 5.82 Å². The number of halogens is 1. The zero-order valence-electron chi connectivity index (χ0n) is 8.63. The predicted octanol–water partition coefficient (Wildman–Crippen LogP) is 1.75. The molecule has 0 spiro atoms. The van der Waals surface area contributed by atoms with Gasteiger partial charge in [0.25, 0.3) is 0 Å². The maximum absolute atomic E-state index is 8.93. The Labute approximate surface area is 102 Å². The van der Waals surface area contributed by atoms with Crippen LogP contribution in [0.2, 0.25) is 0 Å². The van der Waals surface area contributed by atoms with Crippen molar-refractivity contribution in [2.75, 3.05) is 0 Å². The van der Waals surface area contributed by atoms with Crippen LogP contribution in [0.15, 0.2) is 24.5 Å². The van der Waals surface area contributed by atoms with Crippen LogP contribution in [0.25, 0.3) is 5.69 Å². The van der Waals surface area contributed by atoms with Gasteiger partial charge in [0.2, 0.25) is 0 Å². The van der Waals surface area contributed by atoms with Gasteiger partial charge in [-0.1, -0.05) is 0 Å². The second-order valence-electron chi connectivity index (χ2n) is 3.20. The summed E-state index contributed by atoms with van der Waals surface area (Å²) in [5.74, 6) is 0.808. The summed E-state index contributed by atoms with van der Waals surface area (Å²) in [7, 11) is 0. The van der Waals surface area contributed by atoms with Crippen LogP contribution in [-0.4, -0.2) is 14.8 Å². The number of hydrogen-bond donors (Lipinski definition) is 0. The second kappa shape index (κ2) is 4.65. The molecule has 0 aliphatic heterocycles. The minimum absolute atomic E-state index is 0.224. The molecule has 0 bridgehead atoms. The lowest BCUT2D eigenvalue weighted by Crippen LogP contribution is -1.99. The quantitative estimate of drug-likeness (QED) is 0.753. The van der Waals surface area contributed by atoms with E-state index >= 15 is 0 Å². The maximum atomic E-state index is 8.93.